The fraction of sp³-hybridized carbons (Fsp3) is 0.412. The maximum Gasteiger partial charge on any atom is 0.134 e. The largest absolute Gasteiger partial charge is 0.460 e. The van der Waals surface area contributed by atoms with Crippen molar-refractivity contribution in [2.45, 2.75) is 33.7 Å². The van der Waals surface area contributed by atoms with E-state index in [0.29, 0.717) is 0 Å². The van der Waals surface area contributed by atoms with Crippen LogP contribution in [0.15, 0.2) is 39.2 Å². The summed E-state index contributed by atoms with van der Waals surface area (Å²) >= 11 is 3.49. The summed E-state index contributed by atoms with van der Waals surface area (Å²) in [5.41, 5.74) is 2.37. The second-order valence-corrected chi connectivity index (χ2v) is 6.50. The van der Waals surface area contributed by atoms with Gasteiger partial charge in [-0.15, -0.1) is 0 Å². The van der Waals surface area contributed by atoms with Crippen molar-refractivity contribution in [3.05, 3.63) is 46.1 Å². The van der Waals surface area contributed by atoms with Crippen LogP contribution in [0.5, 0.6) is 0 Å². The highest BCUT2D eigenvalue weighted by molar-refractivity contribution is 9.10. The van der Waals surface area contributed by atoms with Crippen LogP contribution < -0.4 is 5.32 Å². The second-order valence-electron chi connectivity index (χ2n) is 5.58. The maximum atomic E-state index is 5.92. The standard InChI is InChI=1S/C17H22BrNO/c1-12(2)8-9-19-11-15-5-7-17(20-15)16-6-4-14(18)10-13(16)3/h4-7,10,12,19H,8-9,11H2,1-3H3. The molecule has 0 amide bonds. The molecule has 0 aliphatic rings. The van der Waals surface area contributed by atoms with E-state index in [4.69, 9.17) is 4.42 Å². The third-order valence-corrected chi connectivity index (χ3v) is 3.81. The summed E-state index contributed by atoms with van der Waals surface area (Å²) in [4.78, 5) is 0. The van der Waals surface area contributed by atoms with Crippen molar-refractivity contribution < 1.29 is 4.42 Å². The van der Waals surface area contributed by atoms with Gasteiger partial charge in [-0.05, 0) is 61.7 Å². The summed E-state index contributed by atoms with van der Waals surface area (Å²) in [7, 11) is 0. The van der Waals surface area contributed by atoms with E-state index in [2.05, 4.69) is 66.3 Å². The number of nitrogens with one attached hydrogen (secondary N) is 1. The predicted molar refractivity (Wildman–Crippen MR) is 87.7 cm³/mol. The Morgan fingerprint density at radius 3 is 2.70 bits per heavy atom. The van der Waals surface area contributed by atoms with Crippen molar-refractivity contribution in [3.8, 4) is 11.3 Å². The van der Waals surface area contributed by atoms with Crippen molar-refractivity contribution in [1.82, 2.24) is 5.32 Å². The summed E-state index contributed by atoms with van der Waals surface area (Å²) < 4.78 is 7.02. The molecule has 20 heavy (non-hydrogen) atoms. The molecule has 2 rings (SSSR count). The van der Waals surface area contributed by atoms with Gasteiger partial charge in [-0.3, -0.25) is 0 Å². The van der Waals surface area contributed by atoms with Gasteiger partial charge in [0, 0.05) is 10.0 Å². The molecule has 0 saturated heterocycles. The normalized spacial score (nSPS) is 11.2. The lowest BCUT2D eigenvalue weighted by atomic mass is 10.1. The van der Waals surface area contributed by atoms with E-state index < -0.39 is 0 Å². The van der Waals surface area contributed by atoms with Crippen LogP contribution >= 0.6 is 15.9 Å². The van der Waals surface area contributed by atoms with Crippen LogP contribution in [0.4, 0.5) is 0 Å². The first-order valence-electron chi connectivity index (χ1n) is 7.12. The van der Waals surface area contributed by atoms with E-state index >= 15 is 0 Å². The predicted octanol–water partition coefficient (Wildman–Crippen LogP) is 5.15. The van der Waals surface area contributed by atoms with Crippen molar-refractivity contribution in [2.75, 3.05) is 6.54 Å². The number of rotatable bonds is 6. The molecule has 0 spiro atoms. The molecule has 1 aromatic heterocycles. The van der Waals surface area contributed by atoms with E-state index in [1.165, 1.54) is 12.0 Å². The van der Waals surface area contributed by atoms with Gasteiger partial charge in [-0.25, -0.2) is 0 Å². The van der Waals surface area contributed by atoms with Crippen LogP contribution in [-0.2, 0) is 6.54 Å². The quantitative estimate of drug-likeness (QED) is 0.738. The Morgan fingerprint density at radius 2 is 2.00 bits per heavy atom. The number of halogens is 1. The lowest BCUT2D eigenvalue weighted by molar-refractivity contribution is 0.474. The molecule has 2 aromatic rings. The molecule has 1 heterocycles. The van der Waals surface area contributed by atoms with E-state index in [1.54, 1.807) is 0 Å². The molecule has 1 N–H and O–H groups in total. The highest BCUT2D eigenvalue weighted by atomic mass is 79.9. The fourth-order valence-electron chi connectivity index (χ4n) is 2.12. The van der Waals surface area contributed by atoms with Crippen molar-refractivity contribution in [3.63, 3.8) is 0 Å². The van der Waals surface area contributed by atoms with Gasteiger partial charge in [-0.2, -0.15) is 0 Å². The van der Waals surface area contributed by atoms with E-state index in [-0.39, 0.29) is 0 Å². The van der Waals surface area contributed by atoms with Gasteiger partial charge in [0.25, 0.3) is 0 Å². The minimum absolute atomic E-state index is 0.736. The van der Waals surface area contributed by atoms with Gasteiger partial charge in [0.15, 0.2) is 0 Å². The number of benzene rings is 1. The molecule has 0 unspecified atom stereocenters. The Bertz CT molecular complexity index is 560. The average Bonchev–Trinajstić information content (AvgIpc) is 2.83. The van der Waals surface area contributed by atoms with Gasteiger partial charge >= 0.3 is 0 Å². The van der Waals surface area contributed by atoms with Crippen molar-refractivity contribution in [1.29, 1.82) is 0 Å². The molecule has 0 bridgehead atoms. The van der Waals surface area contributed by atoms with Crippen LogP contribution in [0.2, 0.25) is 0 Å². The van der Waals surface area contributed by atoms with Crippen LogP contribution in [0.3, 0.4) is 0 Å². The molecule has 0 fully saturated rings. The molecular weight excluding hydrogens is 314 g/mol. The maximum absolute atomic E-state index is 5.92. The fourth-order valence-corrected chi connectivity index (χ4v) is 2.60. The van der Waals surface area contributed by atoms with Crippen LogP contribution in [0.25, 0.3) is 11.3 Å². The SMILES string of the molecule is Cc1cc(Br)ccc1-c1ccc(CNCCC(C)C)o1. The molecule has 108 valence electrons. The Kier molecular flexibility index (Phi) is 5.44. The molecule has 2 nitrogen and oxygen atoms in total. The molecule has 3 heteroatoms. The Labute approximate surface area is 129 Å². The van der Waals surface area contributed by atoms with Gasteiger partial charge in [0.05, 0.1) is 6.54 Å². The third kappa shape index (κ3) is 4.22. The molecule has 0 atom stereocenters. The lowest BCUT2D eigenvalue weighted by Gasteiger charge is -2.05. The van der Waals surface area contributed by atoms with Gasteiger partial charge in [0.1, 0.15) is 11.5 Å². The zero-order valence-corrected chi connectivity index (χ0v) is 14.0. The zero-order chi connectivity index (χ0) is 14.5. The summed E-state index contributed by atoms with van der Waals surface area (Å²) in [5, 5.41) is 3.42. The number of hydrogen-bond acceptors (Lipinski definition) is 2. The highest BCUT2D eigenvalue weighted by Gasteiger charge is 2.07. The second kappa shape index (κ2) is 7.09. The lowest BCUT2D eigenvalue weighted by Crippen LogP contribution is -2.15. The first-order chi connectivity index (χ1) is 9.56. The van der Waals surface area contributed by atoms with E-state index in [0.717, 1.165) is 40.6 Å². The first kappa shape index (κ1) is 15.3. The smallest absolute Gasteiger partial charge is 0.134 e. The number of hydrogen-bond donors (Lipinski definition) is 1. The molecule has 0 radical (unpaired) electrons. The Balaban J connectivity index is 1.98. The van der Waals surface area contributed by atoms with Crippen molar-refractivity contribution in [2.24, 2.45) is 5.92 Å². The average molecular weight is 336 g/mol. The topological polar surface area (TPSA) is 25.2 Å². The number of aryl methyl sites for hydroxylation is 1. The minimum atomic E-state index is 0.736. The van der Waals surface area contributed by atoms with Gasteiger partial charge in [-0.1, -0.05) is 29.8 Å². The Hall–Kier alpha value is -1.06. The van der Waals surface area contributed by atoms with E-state index in [9.17, 15) is 0 Å². The summed E-state index contributed by atoms with van der Waals surface area (Å²) in [6.07, 6.45) is 1.19. The third-order valence-electron chi connectivity index (χ3n) is 3.31. The summed E-state index contributed by atoms with van der Waals surface area (Å²) in [6.45, 7) is 8.41. The summed E-state index contributed by atoms with van der Waals surface area (Å²) in [6, 6.07) is 10.4. The van der Waals surface area contributed by atoms with Crippen molar-refractivity contribution >= 4 is 15.9 Å². The number of furan rings is 1. The Morgan fingerprint density at radius 1 is 1.20 bits per heavy atom. The molecule has 0 aliphatic heterocycles. The molecule has 0 saturated carbocycles. The monoisotopic (exact) mass is 335 g/mol. The van der Waals surface area contributed by atoms with Gasteiger partial charge in [0.2, 0.25) is 0 Å². The molecule has 0 aliphatic carbocycles. The van der Waals surface area contributed by atoms with E-state index in [1.807, 2.05) is 6.07 Å². The highest BCUT2D eigenvalue weighted by Crippen LogP contribution is 2.27. The van der Waals surface area contributed by atoms with Gasteiger partial charge < -0.3 is 9.73 Å². The minimum Gasteiger partial charge on any atom is -0.460 e. The van der Waals surface area contributed by atoms with Crippen LogP contribution in [-0.4, -0.2) is 6.54 Å². The summed E-state index contributed by atoms with van der Waals surface area (Å²) in [5.74, 6) is 2.67. The van der Waals surface area contributed by atoms with Crippen LogP contribution in [0.1, 0.15) is 31.6 Å². The molecular formula is C17H22BrNO. The van der Waals surface area contributed by atoms with Crippen LogP contribution in [0, 0.1) is 12.8 Å². The molecule has 1 aromatic carbocycles. The zero-order valence-electron chi connectivity index (χ0n) is 12.4. The first-order valence-corrected chi connectivity index (χ1v) is 7.91.